The van der Waals surface area contributed by atoms with Gasteiger partial charge in [0.25, 0.3) is 0 Å². The highest BCUT2D eigenvalue weighted by Gasteiger charge is 2.18. The third kappa shape index (κ3) is 2.22. The zero-order valence-electron chi connectivity index (χ0n) is 7.54. The summed E-state index contributed by atoms with van der Waals surface area (Å²) in [5.41, 5.74) is 0.377. The summed E-state index contributed by atoms with van der Waals surface area (Å²) in [6.07, 6.45) is -0.979. The number of benzene rings is 1. The van der Waals surface area contributed by atoms with Gasteiger partial charge in [0.05, 0.1) is 18.1 Å². The van der Waals surface area contributed by atoms with Gasteiger partial charge < -0.3 is 5.11 Å². The second kappa shape index (κ2) is 4.41. The molecule has 14 heavy (non-hydrogen) atoms. The number of nitriles is 1. The summed E-state index contributed by atoms with van der Waals surface area (Å²) in [5, 5.41) is 18.4. The molecule has 2 unspecified atom stereocenters. The molecule has 0 aliphatic heterocycles. The highest BCUT2D eigenvalue weighted by atomic mass is 35.5. The molecule has 0 radical (unpaired) electrons. The van der Waals surface area contributed by atoms with Gasteiger partial charge in [-0.05, 0) is 19.1 Å². The van der Waals surface area contributed by atoms with Gasteiger partial charge in [0.2, 0.25) is 0 Å². The van der Waals surface area contributed by atoms with Crippen LogP contribution in [-0.2, 0) is 0 Å². The van der Waals surface area contributed by atoms with Crippen molar-refractivity contribution in [1.82, 2.24) is 0 Å². The zero-order chi connectivity index (χ0) is 10.7. The zero-order valence-corrected chi connectivity index (χ0v) is 8.29. The van der Waals surface area contributed by atoms with Crippen molar-refractivity contribution < 1.29 is 9.50 Å². The van der Waals surface area contributed by atoms with Crippen LogP contribution in [0.15, 0.2) is 18.2 Å². The Kier molecular flexibility index (Phi) is 3.45. The van der Waals surface area contributed by atoms with Crippen LogP contribution in [0.4, 0.5) is 4.39 Å². The van der Waals surface area contributed by atoms with Crippen molar-refractivity contribution in [1.29, 1.82) is 5.26 Å². The average molecular weight is 214 g/mol. The Balaban J connectivity index is 3.03. The fourth-order valence-corrected chi connectivity index (χ4v) is 1.36. The van der Waals surface area contributed by atoms with Crippen molar-refractivity contribution in [2.45, 2.75) is 13.0 Å². The van der Waals surface area contributed by atoms with Crippen LogP contribution in [0, 0.1) is 23.1 Å². The largest absolute Gasteiger partial charge is 0.387 e. The lowest BCUT2D eigenvalue weighted by Gasteiger charge is -2.14. The van der Waals surface area contributed by atoms with Gasteiger partial charge >= 0.3 is 0 Å². The molecule has 0 saturated heterocycles. The van der Waals surface area contributed by atoms with Crippen LogP contribution in [0.5, 0.6) is 0 Å². The molecule has 1 N–H and O–H groups in total. The van der Waals surface area contributed by atoms with Gasteiger partial charge in [-0.1, -0.05) is 17.7 Å². The second-order valence-corrected chi connectivity index (χ2v) is 3.44. The number of hydrogen-bond donors (Lipinski definition) is 1. The molecule has 0 fully saturated rings. The fourth-order valence-electron chi connectivity index (χ4n) is 1.08. The summed E-state index contributed by atoms with van der Waals surface area (Å²) in [4.78, 5) is 0. The molecule has 1 aromatic carbocycles. The van der Waals surface area contributed by atoms with E-state index in [9.17, 15) is 9.50 Å². The van der Waals surface area contributed by atoms with E-state index >= 15 is 0 Å². The molecule has 0 amide bonds. The Labute approximate surface area is 86.5 Å². The third-order valence-electron chi connectivity index (χ3n) is 1.96. The second-order valence-electron chi connectivity index (χ2n) is 3.03. The molecule has 0 spiro atoms. The van der Waals surface area contributed by atoms with E-state index in [1.807, 2.05) is 6.07 Å². The summed E-state index contributed by atoms with van der Waals surface area (Å²) in [6, 6.07) is 5.61. The molecule has 1 rings (SSSR count). The maximum Gasteiger partial charge on any atom is 0.124 e. The Morgan fingerprint density at radius 1 is 1.57 bits per heavy atom. The molecule has 2 nitrogen and oxygen atoms in total. The predicted octanol–water partition coefficient (Wildman–Crippen LogP) is 2.67. The van der Waals surface area contributed by atoms with Crippen LogP contribution in [0.2, 0.25) is 5.02 Å². The Morgan fingerprint density at radius 3 is 2.71 bits per heavy atom. The number of aliphatic hydroxyl groups excluding tert-OH is 1. The molecular weight excluding hydrogens is 205 g/mol. The molecule has 0 saturated carbocycles. The van der Waals surface area contributed by atoms with E-state index in [-0.39, 0.29) is 5.02 Å². The molecular formula is C10H9ClFNO. The van der Waals surface area contributed by atoms with Gasteiger partial charge in [0, 0.05) is 10.6 Å². The minimum atomic E-state index is -0.979. The smallest absolute Gasteiger partial charge is 0.124 e. The van der Waals surface area contributed by atoms with Crippen molar-refractivity contribution in [3.8, 4) is 6.07 Å². The normalized spacial score (nSPS) is 14.5. The number of halogens is 2. The van der Waals surface area contributed by atoms with Gasteiger partial charge in [0.1, 0.15) is 5.82 Å². The summed E-state index contributed by atoms with van der Waals surface area (Å²) < 4.78 is 12.7. The molecule has 0 aliphatic rings. The number of rotatable bonds is 2. The van der Waals surface area contributed by atoms with Crippen LogP contribution >= 0.6 is 11.6 Å². The molecule has 0 bridgehead atoms. The van der Waals surface area contributed by atoms with Gasteiger partial charge in [-0.2, -0.15) is 5.26 Å². The summed E-state index contributed by atoms with van der Waals surface area (Å²) >= 11 is 5.72. The van der Waals surface area contributed by atoms with Crippen molar-refractivity contribution in [3.05, 3.63) is 34.6 Å². The molecule has 0 heterocycles. The summed E-state index contributed by atoms with van der Waals surface area (Å²) in [7, 11) is 0. The minimum Gasteiger partial charge on any atom is -0.387 e. The number of nitrogens with zero attached hydrogens (tertiary/aromatic N) is 1. The standard InChI is InChI=1S/C10H9ClFNO/c1-6(5-13)10(14)8-3-2-7(12)4-9(8)11/h2-4,6,10,14H,1H3. The van der Waals surface area contributed by atoms with Gasteiger partial charge in [-0.15, -0.1) is 0 Å². The first-order valence-corrected chi connectivity index (χ1v) is 4.46. The lowest BCUT2D eigenvalue weighted by molar-refractivity contribution is 0.143. The third-order valence-corrected chi connectivity index (χ3v) is 2.29. The Bertz CT molecular complexity index is 375. The van der Waals surface area contributed by atoms with Crippen molar-refractivity contribution in [2.24, 2.45) is 5.92 Å². The molecule has 0 aliphatic carbocycles. The minimum absolute atomic E-state index is 0.139. The molecule has 4 heteroatoms. The highest BCUT2D eigenvalue weighted by molar-refractivity contribution is 6.31. The highest BCUT2D eigenvalue weighted by Crippen LogP contribution is 2.28. The van der Waals surface area contributed by atoms with E-state index in [0.717, 1.165) is 6.07 Å². The van der Waals surface area contributed by atoms with E-state index in [0.29, 0.717) is 5.56 Å². The molecule has 2 atom stereocenters. The first-order valence-electron chi connectivity index (χ1n) is 4.09. The molecule has 1 aromatic rings. The van der Waals surface area contributed by atoms with Crippen LogP contribution in [0.1, 0.15) is 18.6 Å². The first-order chi connectivity index (χ1) is 6.56. The van der Waals surface area contributed by atoms with Crippen LogP contribution in [-0.4, -0.2) is 5.11 Å². The maximum absolute atomic E-state index is 12.7. The van der Waals surface area contributed by atoms with Crippen LogP contribution < -0.4 is 0 Å². The molecule has 74 valence electrons. The molecule has 0 aromatic heterocycles. The lowest BCUT2D eigenvalue weighted by Crippen LogP contribution is -2.07. The van der Waals surface area contributed by atoms with Gasteiger partial charge in [-0.3, -0.25) is 0 Å². The quantitative estimate of drug-likeness (QED) is 0.821. The topological polar surface area (TPSA) is 44.0 Å². The lowest BCUT2D eigenvalue weighted by atomic mass is 9.99. The predicted molar refractivity (Wildman–Crippen MR) is 51.1 cm³/mol. The Hall–Kier alpha value is -1.11. The first kappa shape index (κ1) is 11.0. The van der Waals surface area contributed by atoms with Crippen molar-refractivity contribution in [3.63, 3.8) is 0 Å². The fraction of sp³-hybridized carbons (Fsp3) is 0.300. The van der Waals surface area contributed by atoms with E-state index in [4.69, 9.17) is 16.9 Å². The Morgan fingerprint density at radius 2 is 2.21 bits per heavy atom. The van der Waals surface area contributed by atoms with Gasteiger partial charge in [0.15, 0.2) is 0 Å². The SMILES string of the molecule is CC(C#N)C(O)c1ccc(F)cc1Cl. The van der Waals surface area contributed by atoms with Gasteiger partial charge in [-0.25, -0.2) is 4.39 Å². The summed E-state index contributed by atoms with van der Waals surface area (Å²) in [5.74, 6) is -1.03. The van der Waals surface area contributed by atoms with E-state index in [2.05, 4.69) is 0 Å². The summed E-state index contributed by atoms with van der Waals surface area (Å²) in [6.45, 7) is 1.57. The average Bonchev–Trinajstić information content (AvgIpc) is 2.15. The van der Waals surface area contributed by atoms with E-state index in [1.54, 1.807) is 6.92 Å². The number of hydrogen-bond acceptors (Lipinski definition) is 2. The van der Waals surface area contributed by atoms with Crippen LogP contribution in [0.3, 0.4) is 0 Å². The van der Waals surface area contributed by atoms with Crippen molar-refractivity contribution >= 4 is 11.6 Å². The number of aliphatic hydroxyl groups is 1. The van der Waals surface area contributed by atoms with Crippen molar-refractivity contribution in [2.75, 3.05) is 0 Å². The maximum atomic E-state index is 12.7. The van der Waals surface area contributed by atoms with Crippen LogP contribution in [0.25, 0.3) is 0 Å². The van der Waals surface area contributed by atoms with E-state index in [1.165, 1.54) is 12.1 Å². The monoisotopic (exact) mass is 213 g/mol. The van der Waals surface area contributed by atoms with E-state index < -0.39 is 17.8 Å².